The first-order chi connectivity index (χ1) is 14.1. The number of carbonyl (C=O) groups is 2. The second-order valence-corrected chi connectivity index (χ2v) is 6.26. The van der Waals surface area contributed by atoms with E-state index in [0.717, 1.165) is 0 Å². The Balaban J connectivity index is 1.49. The number of hydrogen-bond acceptors (Lipinski definition) is 5. The molecule has 3 aromatic rings. The summed E-state index contributed by atoms with van der Waals surface area (Å²) in [6.45, 7) is 0.163. The van der Waals surface area contributed by atoms with Crippen LogP contribution in [0.15, 0.2) is 66.7 Å². The third-order valence-corrected chi connectivity index (χ3v) is 4.37. The van der Waals surface area contributed by atoms with Crippen molar-refractivity contribution in [3.63, 3.8) is 0 Å². The van der Waals surface area contributed by atoms with Crippen LogP contribution in [0.25, 0.3) is 0 Å². The summed E-state index contributed by atoms with van der Waals surface area (Å²) in [5, 5.41) is 5.59. The molecule has 2 amide bonds. The highest BCUT2D eigenvalue weighted by Gasteiger charge is 2.16. The van der Waals surface area contributed by atoms with Gasteiger partial charge in [0.25, 0.3) is 11.8 Å². The minimum absolute atomic E-state index is 0.163. The molecule has 1 aliphatic heterocycles. The molecule has 2 N–H and O–H groups in total. The summed E-state index contributed by atoms with van der Waals surface area (Å²) in [6.07, 6.45) is 0. The van der Waals surface area contributed by atoms with Crippen LogP contribution in [-0.2, 0) is 0 Å². The molecule has 0 atom stereocenters. The van der Waals surface area contributed by atoms with Gasteiger partial charge in [0.2, 0.25) is 6.79 Å². The van der Waals surface area contributed by atoms with Gasteiger partial charge in [-0.25, -0.2) is 0 Å². The number of ether oxygens (including phenoxy) is 3. The minimum Gasteiger partial charge on any atom is -0.495 e. The van der Waals surface area contributed by atoms with Gasteiger partial charge in [0, 0.05) is 22.9 Å². The van der Waals surface area contributed by atoms with E-state index in [-0.39, 0.29) is 18.6 Å². The predicted octanol–water partition coefficient (Wildman–Crippen LogP) is 3.93. The van der Waals surface area contributed by atoms with Gasteiger partial charge in [-0.3, -0.25) is 9.59 Å². The number of carbonyl (C=O) groups excluding carboxylic acids is 2. The first kappa shape index (κ1) is 18.4. The van der Waals surface area contributed by atoms with Crippen molar-refractivity contribution >= 4 is 23.2 Å². The molecule has 0 aromatic heterocycles. The lowest BCUT2D eigenvalue weighted by molar-refractivity contribution is 0.102. The van der Waals surface area contributed by atoms with Crippen LogP contribution in [-0.4, -0.2) is 25.7 Å². The molecule has 0 radical (unpaired) electrons. The van der Waals surface area contributed by atoms with Gasteiger partial charge in [0.1, 0.15) is 5.75 Å². The molecule has 0 saturated carbocycles. The van der Waals surface area contributed by atoms with Crippen LogP contribution in [0.5, 0.6) is 17.2 Å². The average Bonchev–Trinajstić information content (AvgIpc) is 3.22. The highest BCUT2D eigenvalue weighted by molar-refractivity contribution is 6.09. The molecule has 4 rings (SSSR count). The van der Waals surface area contributed by atoms with Crippen LogP contribution in [0.4, 0.5) is 11.4 Å². The molecule has 7 heteroatoms. The monoisotopic (exact) mass is 390 g/mol. The number of nitrogens with one attached hydrogen (secondary N) is 2. The number of benzene rings is 3. The maximum absolute atomic E-state index is 12.6. The lowest BCUT2D eigenvalue weighted by Crippen LogP contribution is -2.16. The maximum Gasteiger partial charge on any atom is 0.255 e. The van der Waals surface area contributed by atoms with Crippen molar-refractivity contribution in [1.29, 1.82) is 0 Å². The number of hydrogen-bond donors (Lipinski definition) is 2. The van der Waals surface area contributed by atoms with Gasteiger partial charge in [-0.1, -0.05) is 18.2 Å². The Morgan fingerprint density at radius 3 is 2.34 bits per heavy atom. The number of amides is 2. The van der Waals surface area contributed by atoms with Gasteiger partial charge < -0.3 is 24.8 Å². The van der Waals surface area contributed by atoms with Gasteiger partial charge in [-0.2, -0.15) is 0 Å². The molecule has 1 heterocycles. The number of para-hydroxylation sites is 2. The smallest absolute Gasteiger partial charge is 0.255 e. The van der Waals surface area contributed by atoms with E-state index in [0.29, 0.717) is 39.8 Å². The second-order valence-electron chi connectivity index (χ2n) is 6.26. The van der Waals surface area contributed by atoms with Gasteiger partial charge >= 0.3 is 0 Å². The summed E-state index contributed by atoms with van der Waals surface area (Å²) in [6, 6.07) is 18.7. The Bertz CT molecular complexity index is 1080. The van der Waals surface area contributed by atoms with Gasteiger partial charge in [-0.05, 0) is 42.5 Å². The van der Waals surface area contributed by atoms with Gasteiger partial charge in [-0.15, -0.1) is 0 Å². The van der Waals surface area contributed by atoms with Crippen molar-refractivity contribution in [2.45, 2.75) is 0 Å². The molecule has 1 aliphatic rings. The Morgan fingerprint density at radius 2 is 1.55 bits per heavy atom. The molecule has 0 spiro atoms. The Kier molecular flexibility index (Phi) is 5.03. The van der Waals surface area contributed by atoms with Crippen molar-refractivity contribution in [3.8, 4) is 17.2 Å². The van der Waals surface area contributed by atoms with Crippen LogP contribution in [0.3, 0.4) is 0 Å². The predicted molar refractivity (Wildman–Crippen MR) is 108 cm³/mol. The van der Waals surface area contributed by atoms with Crippen LogP contribution in [0.1, 0.15) is 20.7 Å². The molecular formula is C22H18N2O5. The highest BCUT2D eigenvalue weighted by atomic mass is 16.7. The first-order valence-corrected chi connectivity index (χ1v) is 8.89. The highest BCUT2D eigenvalue weighted by Crippen LogP contribution is 2.34. The van der Waals surface area contributed by atoms with Crippen molar-refractivity contribution in [2.75, 3.05) is 24.5 Å². The Morgan fingerprint density at radius 1 is 0.828 bits per heavy atom. The van der Waals surface area contributed by atoms with E-state index < -0.39 is 0 Å². The third kappa shape index (κ3) is 3.98. The standard InChI is InChI=1S/C22H18N2O5/c1-27-18-8-3-2-7-17(18)24-22(26)15-6-4-5-14(11-15)21(25)23-16-9-10-19-20(12-16)29-13-28-19/h2-12H,13H2,1H3,(H,23,25)(H,24,26). The zero-order chi connectivity index (χ0) is 20.2. The number of rotatable bonds is 5. The molecule has 0 aliphatic carbocycles. The SMILES string of the molecule is COc1ccccc1NC(=O)c1cccc(C(=O)Nc2ccc3c(c2)OCO3)c1. The fourth-order valence-electron chi connectivity index (χ4n) is 2.92. The molecule has 7 nitrogen and oxygen atoms in total. The van der Waals surface area contributed by atoms with E-state index >= 15 is 0 Å². The minimum atomic E-state index is -0.341. The summed E-state index contributed by atoms with van der Waals surface area (Å²) >= 11 is 0. The molecular weight excluding hydrogens is 372 g/mol. The molecule has 0 fully saturated rings. The van der Waals surface area contributed by atoms with Gasteiger partial charge in [0.05, 0.1) is 12.8 Å². The van der Waals surface area contributed by atoms with Crippen molar-refractivity contribution in [1.82, 2.24) is 0 Å². The Labute approximate surface area is 167 Å². The molecule has 146 valence electrons. The fourth-order valence-corrected chi connectivity index (χ4v) is 2.92. The fraction of sp³-hybridized carbons (Fsp3) is 0.0909. The first-order valence-electron chi connectivity index (χ1n) is 8.89. The molecule has 3 aromatic carbocycles. The lowest BCUT2D eigenvalue weighted by atomic mass is 10.1. The van der Waals surface area contributed by atoms with E-state index in [1.165, 1.54) is 13.2 Å². The van der Waals surface area contributed by atoms with E-state index in [1.807, 2.05) is 6.07 Å². The molecule has 29 heavy (non-hydrogen) atoms. The molecule has 0 saturated heterocycles. The topological polar surface area (TPSA) is 85.9 Å². The zero-order valence-electron chi connectivity index (χ0n) is 15.6. The summed E-state index contributed by atoms with van der Waals surface area (Å²) in [5.41, 5.74) is 1.84. The largest absolute Gasteiger partial charge is 0.495 e. The Hall–Kier alpha value is -4.00. The van der Waals surface area contributed by atoms with Crippen molar-refractivity contribution in [3.05, 3.63) is 77.9 Å². The van der Waals surface area contributed by atoms with E-state index in [1.54, 1.807) is 54.6 Å². The quantitative estimate of drug-likeness (QED) is 0.689. The van der Waals surface area contributed by atoms with Gasteiger partial charge in [0.15, 0.2) is 11.5 Å². The summed E-state index contributed by atoms with van der Waals surface area (Å²) < 4.78 is 15.8. The average molecular weight is 390 g/mol. The van der Waals surface area contributed by atoms with Crippen LogP contribution >= 0.6 is 0 Å². The van der Waals surface area contributed by atoms with E-state index in [4.69, 9.17) is 14.2 Å². The number of methoxy groups -OCH3 is 1. The summed E-state index contributed by atoms with van der Waals surface area (Å²) in [4.78, 5) is 25.2. The summed E-state index contributed by atoms with van der Waals surface area (Å²) in [5.74, 6) is 1.09. The number of anilines is 2. The molecule has 0 bridgehead atoms. The number of fused-ring (bicyclic) bond motifs is 1. The lowest BCUT2D eigenvalue weighted by Gasteiger charge is -2.11. The van der Waals surface area contributed by atoms with E-state index in [2.05, 4.69) is 10.6 Å². The molecule has 0 unspecified atom stereocenters. The van der Waals surface area contributed by atoms with Crippen LogP contribution < -0.4 is 24.8 Å². The summed E-state index contributed by atoms with van der Waals surface area (Å²) in [7, 11) is 1.53. The van der Waals surface area contributed by atoms with Crippen molar-refractivity contribution < 1.29 is 23.8 Å². The third-order valence-electron chi connectivity index (χ3n) is 4.37. The normalized spacial score (nSPS) is 11.6. The maximum atomic E-state index is 12.6. The van der Waals surface area contributed by atoms with Crippen LogP contribution in [0.2, 0.25) is 0 Å². The van der Waals surface area contributed by atoms with Crippen LogP contribution in [0, 0.1) is 0 Å². The van der Waals surface area contributed by atoms with Crippen molar-refractivity contribution in [2.24, 2.45) is 0 Å². The van der Waals surface area contributed by atoms with E-state index in [9.17, 15) is 9.59 Å². The second kappa shape index (κ2) is 7.93. The zero-order valence-corrected chi connectivity index (χ0v) is 15.6.